The minimum absolute atomic E-state index is 0.457. The second kappa shape index (κ2) is 11.0. The van der Waals surface area contributed by atoms with E-state index in [0.717, 1.165) is 36.3 Å². The van der Waals surface area contributed by atoms with Gasteiger partial charge in [-0.05, 0) is 43.0 Å². The number of nitrogens with zero attached hydrogens (tertiary/aromatic N) is 5. The van der Waals surface area contributed by atoms with Crippen molar-refractivity contribution in [3.8, 4) is 5.75 Å². The first-order chi connectivity index (χ1) is 14.5. The molecule has 0 unspecified atom stereocenters. The van der Waals surface area contributed by atoms with Gasteiger partial charge in [-0.3, -0.25) is 0 Å². The van der Waals surface area contributed by atoms with E-state index in [1.165, 1.54) is 4.88 Å². The van der Waals surface area contributed by atoms with Gasteiger partial charge in [-0.1, -0.05) is 23.7 Å². The summed E-state index contributed by atoms with van der Waals surface area (Å²) in [5.41, 5.74) is 0. The lowest BCUT2D eigenvalue weighted by Gasteiger charge is -2.22. The molecule has 160 valence electrons. The Morgan fingerprint density at radius 2 is 2.17 bits per heavy atom. The predicted octanol–water partition coefficient (Wildman–Crippen LogP) is 3.54. The molecular formula is C21H27ClN6OS. The van der Waals surface area contributed by atoms with Crippen molar-refractivity contribution < 1.29 is 4.74 Å². The van der Waals surface area contributed by atoms with Crippen LogP contribution in [0.1, 0.15) is 16.5 Å². The van der Waals surface area contributed by atoms with Crippen LogP contribution in [0.2, 0.25) is 5.02 Å². The molecule has 0 aliphatic carbocycles. The number of hydrogen-bond donors (Lipinski definition) is 1. The Labute approximate surface area is 186 Å². The molecule has 1 N–H and O–H groups in total. The SMILES string of the molecule is Cc1nnc(CN=C(NCCc2cccs2)N(C)CCOc2cccc(Cl)c2)n1C. The molecule has 0 atom stereocenters. The van der Waals surface area contributed by atoms with E-state index >= 15 is 0 Å². The van der Waals surface area contributed by atoms with Gasteiger partial charge in [0.05, 0.1) is 6.54 Å². The number of aryl methyl sites for hydroxylation is 1. The van der Waals surface area contributed by atoms with Crippen LogP contribution in [-0.2, 0) is 20.0 Å². The minimum atomic E-state index is 0.457. The quantitative estimate of drug-likeness (QED) is 0.402. The van der Waals surface area contributed by atoms with Gasteiger partial charge in [-0.15, -0.1) is 21.5 Å². The first-order valence-corrected chi connectivity index (χ1v) is 11.0. The topological polar surface area (TPSA) is 67.6 Å². The molecule has 0 bridgehead atoms. The number of aromatic nitrogens is 3. The number of rotatable bonds is 9. The predicted molar refractivity (Wildman–Crippen MR) is 122 cm³/mol. The van der Waals surface area contributed by atoms with Crippen LogP contribution in [-0.4, -0.2) is 52.4 Å². The van der Waals surface area contributed by atoms with E-state index in [-0.39, 0.29) is 0 Å². The molecule has 7 nitrogen and oxygen atoms in total. The van der Waals surface area contributed by atoms with Crippen LogP contribution >= 0.6 is 22.9 Å². The highest BCUT2D eigenvalue weighted by Gasteiger charge is 2.09. The van der Waals surface area contributed by atoms with Gasteiger partial charge in [-0.25, -0.2) is 4.99 Å². The van der Waals surface area contributed by atoms with Gasteiger partial charge >= 0.3 is 0 Å². The first kappa shape index (κ1) is 22.1. The zero-order valence-corrected chi connectivity index (χ0v) is 19.1. The Balaban J connectivity index is 1.59. The molecular weight excluding hydrogens is 420 g/mol. The van der Waals surface area contributed by atoms with Gasteiger partial charge < -0.3 is 19.5 Å². The summed E-state index contributed by atoms with van der Waals surface area (Å²) in [4.78, 5) is 8.16. The lowest BCUT2D eigenvalue weighted by Crippen LogP contribution is -2.41. The molecule has 0 aliphatic heterocycles. The fourth-order valence-corrected chi connectivity index (χ4v) is 3.65. The van der Waals surface area contributed by atoms with Crippen molar-refractivity contribution >= 4 is 28.9 Å². The van der Waals surface area contributed by atoms with E-state index in [9.17, 15) is 0 Å². The third-order valence-corrected chi connectivity index (χ3v) is 5.81. The summed E-state index contributed by atoms with van der Waals surface area (Å²) in [6.07, 6.45) is 0.951. The summed E-state index contributed by atoms with van der Waals surface area (Å²) < 4.78 is 7.78. The van der Waals surface area contributed by atoms with Gasteiger partial charge in [-0.2, -0.15) is 0 Å². The number of halogens is 1. The number of guanidine groups is 1. The number of thiophene rings is 1. The van der Waals surface area contributed by atoms with Crippen molar-refractivity contribution in [1.82, 2.24) is 25.0 Å². The lowest BCUT2D eigenvalue weighted by atomic mass is 10.3. The third-order valence-electron chi connectivity index (χ3n) is 4.64. The monoisotopic (exact) mass is 446 g/mol. The number of aliphatic imine (C=N–C) groups is 1. The lowest BCUT2D eigenvalue weighted by molar-refractivity contribution is 0.281. The van der Waals surface area contributed by atoms with Gasteiger partial charge in [0.15, 0.2) is 11.8 Å². The van der Waals surface area contributed by atoms with Crippen LogP contribution in [0, 0.1) is 6.92 Å². The molecule has 0 amide bonds. The van der Waals surface area contributed by atoms with E-state index in [1.807, 2.05) is 49.9 Å². The zero-order chi connectivity index (χ0) is 21.3. The Morgan fingerprint density at radius 3 is 2.87 bits per heavy atom. The van der Waals surface area contributed by atoms with Gasteiger partial charge in [0.1, 0.15) is 24.7 Å². The van der Waals surface area contributed by atoms with Gasteiger partial charge in [0, 0.05) is 30.5 Å². The van der Waals surface area contributed by atoms with Crippen LogP contribution in [0.4, 0.5) is 0 Å². The molecule has 0 radical (unpaired) electrons. The van der Waals surface area contributed by atoms with Crippen LogP contribution in [0.15, 0.2) is 46.8 Å². The second-order valence-electron chi connectivity index (χ2n) is 6.85. The maximum Gasteiger partial charge on any atom is 0.194 e. The van der Waals surface area contributed by atoms with E-state index in [1.54, 1.807) is 11.3 Å². The highest BCUT2D eigenvalue weighted by Crippen LogP contribution is 2.17. The fourth-order valence-electron chi connectivity index (χ4n) is 2.76. The van der Waals surface area contributed by atoms with Crippen LogP contribution in [0.5, 0.6) is 5.75 Å². The summed E-state index contributed by atoms with van der Waals surface area (Å²) in [6, 6.07) is 11.6. The zero-order valence-electron chi connectivity index (χ0n) is 17.5. The summed E-state index contributed by atoms with van der Waals surface area (Å²) in [6.45, 7) is 4.38. The molecule has 1 aromatic carbocycles. The number of nitrogens with one attached hydrogen (secondary N) is 1. The highest BCUT2D eigenvalue weighted by atomic mass is 35.5. The van der Waals surface area contributed by atoms with Gasteiger partial charge in [0.2, 0.25) is 0 Å². The molecule has 3 rings (SSSR count). The molecule has 0 saturated carbocycles. The molecule has 0 aliphatic rings. The summed E-state index contributed by atoms with van der Waals surface area (Å²) in [5.74, 6) is 3.26. The fraction of sp³-hybridized carbons (Fsp3) is 0.381. The Bertz CT molecular complexity index is 956. The van der Waals surface area contributed by atoms with Crippen molar-refractivity contribution in [3.63, 3.8) is 0 Å². The van der Waals surface area contributed by atoms with E-state index in [2.05, 4.69) is 37.9 Å². The van der Waals surface area contributed by atoms with Crippen LogP contribution in [0.25, 0.3) is 0 Å². The summed E-state index contributed by atoms with van der Waals surface area (Å²) in [5, 5.41) is 14.5. The Kier molecular flexibility index (Phi) is 8.10. The van der Waals surface area contributed by atoms with E-state index in [4.69, 9.17) is 21.3 Å². The van der Waals surface area contributed by atoms with Crippen molar-refractivity contribution in [2.24, 2.45) is 12.0 Å². The normalized spacial score (nSPS) is 11.5. The standard InChI is InChI=1S/C21H27ClN6OS/c1-16-25-26-20(28(16)3)15-24-21(23-10-9-19-8-5-13-30-19)27(2)11-12-29-18-7-4-6-17(22)14-18/h4-8,13-14H,9-12,15H2,1-3H3,(H,23,24). The molecule has 0 fully saturated rings. The summed E-state index contributed by atoms with van der Waals surface area (Å²) in [7, 11) is 3.95. The molecule has 0 spiro atoms. The van der Waals surface area contributed by atoms with Crippen molar-refractivity contribution in [1.29, 1.82) is 0 Å². The maximum absolute atomic E-state index is 6.02. The third kappa shape index (κ3) is 6.47. The Hall–Kier alpha value is -2.58. The smallest absolute Gasteiger partial charge is 0.194 e. The molecule has 9 heteroatoms. The van der Waals surface area contributed by atoms with Crippen molar-refractivity contribution in [2.45, 2.75) is 19.9 Å². The number of ether oxygens (including phenoxy) is 1. The maximum atomic E-state index is 6.02. The van der Waals surface area contributed by atoms with E-state index in [0.29, 0.717) is 24.7 Å². The average Bonchev–Trinajstić information content (AvgIpc) is 3.35. The van der Waals surface area contributed by atoms with Crippen molar-refractivity contribution in [2.75, 3.05) is 26.7 Å². The molecule has 2 aromatic heterocycles. The summed E-state index contributed by atoms with van der Waals surface area (Å²) >= 11 is 7.78. The van der Waals surface area contributed by atoms with Gasteiger partial charge in [0.25, 0.3) is 0 Å². The number of benzene rings is 1. The largest absolute Gasteiger partial charge is 0.492 e. The average molecular weight is 447 g/mol. The van der Waals surface area contributed by atoms with Crippen LogP contribution in [0.3, 0.4) is 0 Å². The second-order valence-corrected chi connectivity index (χ2v) is 8.31. The highest BCUT2D eigenvalue weighted by molar-refractivity contribution is 7.09. The first-order valence-electron chi connectivity index (χ1n) is 9.78. The Morgan fingerprint density at radius 1 is 1.30 bits per heavy atom. The van der Waals surface area contributed by atoms with Crippen LogP contribution < -0.4 is 10.1 Å². The molecule has 2 heterocycles. The molecule has 30 heavy (non-hydrogen) atoms. The molecule has 3 aromatic rings. The number of hydrogen-bond acceptors (Lipinski definition) is 5. The number of likely N-dealkylation sites (N-methyl/N-ethyl adjacent to an activating group) is 1. The molecule has 0 saturated heterocycles. The minimum Gasteiger partial charge on any atom is -0.492 e. The van der Waals surface area contributed by atoms with E-state index < -0.39 is 0 Å². The van der Waals surface area contributed by atoms with Crippen molar-refractivity contribution in [3.05, 3.63) is 63.3 Å².